The minimum atomic E-state index is -2.46. The van der Waals surface area contributed by atoms with Crippen LogP contribution >= 0.6 is 11.8 Å². The summed E-state index contributed by atoms with van der Waals surface area (Å²) in [5, 5.41) is 7.40. The van der Waals surface area contributed by atoms with E-state index in [4.69, 9.17) is 5.73 Å². The molecular formula is C13H16F2N4S. The second kappa shape index (κ2) is 6.13. The third-order valence-electron chi connectivity index (χ3n) is 2.83. The molecule has 4 nitrogen and oxygen atoms in total. The number of para-hydroxylation sites is 1. The zero-order chi connectivity index (χ0) is 14.7. The van der Waals surface area contributed by atoms with Gasteiger partial charge >= 0.3 is 0 Å². The summed E-state index contributed by atoms with van der Waals surface area (Å²) >= 11 is 0.504. The van der Waals surface area contributed by atoms with Crippen molar-refractivity contribution >= 4 is 29.0 Å². The maximum absolute atomic E-state index is 12.6. The highest BCUT2D eigenvalue weighted by molar-refractivity contribution is 7.99. The molecule has 0 amide bonds. The Morgan fingerprint density at radius 2 is 2.10 bits per heavy atom. The standard InChI is InChI=1S/C13H16F2N4S/c1-3-19-12(11(16)8(2)18-19)17-9-6-4-5-7-10(9)20-13(14)15/h4-7,13,17H,3,16H2,1-2H3. The summed E-state index contributed by atoms with van der Waals surface area (Å²) in [6, 6.07) is 6.90. The number of hydrogen-bond donors (Lipinski definition) is 2. The number of nitrogen functional groups attached to an aromatic ring is 1. The van der Waals surface area contributed by atoms with E-state index in [-0.39, 0.29) is 0 Å². The van der Waals surface area contributed by atoms with Crippen molar-refractivity contribution in [2.24, 2.45) is 0 Å². The second-order valence-electron chi connectivity index (χ2n) is 4.16. The van der Waals surface area contributed by atoms with Crippen LogP contribution < -0.4 is 11.1 Å². The third-order valence-corrected chi connectivity index (χ3v) is 3.62. The molecule has 0 saturated heterocycles. The Balaban J connectivity index is 2.35. The van der Waals surface area contributed by atoms with Crippen molar-refractivity contribution in [3.05, 3.63) is 30.0 Å². The molecule has 7 heteroatoms. The van der Waals surface area contributed by atoms with Crippen LogP contribution in [0.1, 0.15) is 12.6 Å². The van der Waals surface area contributed by atoms with E-state index in [1.165, 1.54) is 0 Å². The number of halogens is 2. The lowest BCUT2D eigenvalue weighted by Crippen LogP contribution is -2.05. The van der Waals surface area contributed by atoms with Gasteiger partial charge in [-0.2, -0.15) is 13.9 Å². The number of nitrogens with zero attached hydrogens (tertiary/aromatic N) is 2. The van der Waals surface area contributed by atoms with Gasteiger partial charge in [0.25, 0.3) is 5.76 Å². The van der Waals surface area contributed by atoms with Gasteiger partial charge in [-0.25, -0.2) is 4.68 Å². The maximum Gasteiger partial charge on any atom is 0.288 e. The van der Waals surface area contributed by atoms with Gasteiger partial charge in [0.2, 0.25) is 0 Å². The molecule has 20 heavy (non-hydrogen) atoms. The van der Waals surface area contributed by atoms with Crippen molar-refractivity contribution in [3.63, 3.8) is 0 Å². The summed E-state index contributed by atoms with van der Waals surface area (Å²) in [5.74, 6) is -1.83. The number of alkyl halides is 2. The first-order chi connectivity index (χ1) is 9.52. The van der Waals surface area contributed by atoms with Crippen molar-refractivity contribution in [2.75, 3.05) is 11.1 Å². The molecule has 2 rings (SSSR count). The number of hydrogen-bond acceptors (Lipinski definition) is 4. The van der Waals surface area contributed by atoms with Crippen molar-refractivity contribution in [1.29, 1.82) is 0 Å². The van der Waals surface area contributed by atoms with Crippen LogP contribution in [0.5, 0.6) is 0 Å². The molecule has 3 N–H and O–H groups in total. The summed E-state index contributed by atoms with van der Waals surface area (Å²) in [7, 11) is 0. The van der Waals surface area contributed by atoms with Crippen molar-refractivity contribution < 1.29 is 8.78 Å². The first-order valence-corrected chi connectivity index (χ1v) is 7.04. The number of aryl methyl sites for hydroxylation is 2. The van der Waals surface area contributed by atoms with E-state index in [0.717, 1.165) is 0 Å². The Morgan fingerprint density at radius 3 is 2.75 bits per heavy atom. The fourth-order valence-corrected chi connectivity index (χ4v) is 2.45. The minimum absolute atomic E-state index is 0.475. The highest BCUT2D eigenvalue weighted by atomic mass is 32.2. The molecule has 0 saturated carbocycles. The maximum atomic E-state index is 12.6. The Bertz CT molecular complexity index is 598. The molecule has 0 aliphatic carbocycles. The van der Waals surface area contributed by atoms with Crippen LogP contribution in [0, 0.1) is 6.92 Å². The molecule has 0 spiro atoms. The van der Waals surface area contributed by atoms with Gasteiger partial charge in [0.1, 0.15) is 0 Å². The number of thioether (sulfide) groups is 1. The predicted molar refractivity (Wildman–Crippen MR) is 78.6 cm³/mol. The number of nitrogens with two attached hydrogens (primary N) is 1. The van der Waals surface area contributed by atoms with Crippen molar-refractivity contribution in [1.82, 2.24) is 9.78 Å². The van der Waals surface area contributed by atoms with E-state index in [0.29, 0.717) is 46.1 Å². The van der Waals surface area contributed by atoms with Gasteiger partial charge in [-0.05, 0) is 26.0 Å². The van der Waals surface area contributed by atoms with Crippen LogP contribution in [0.15, 0.2) is 29.2 Å². The lowest BCUT2D eigenvalue weighted by molar-refractivity contribution is 0.252. The minimum Gasteiger partial charge on any atom is -0.394 e. The molecule has 0 aliphatic heterocycles. The molecule has 1 aromatic heterocycles. The van der Waals surface area contributed by atoms with Crippen LogP contribution in [-0.2, 0) is 6.54 Å². The normalized spacial score (nSPS) is 11.1. The Hall–Kier alpha value is -1.76. The topological polar surface area (TPSA) is 55.9 Å². The largest absolute Gasteiger partial charge is 0.394 e. The van der Waals surface area contributed by atoms with Crippen LogP contribution in [0.4, 0.5) is 26.0 Å². The zero-order valence-corrected chi connectivity index (χ0v) is 12.0. The smallest absolute Gasteiger partial charge is 0.288 e. The van der Waals surface area contributed by atoms with Crippen molar-refractivity contribution in [3.8, 4) is 0 Å². The van der Waals surface area contributed by atoms with Gasteiger partial charge in [-0.1, -0.05) is 23.9 Å². The highest BCUT2D eigenvalue weighted by Gasteiger charge is 2.15. The first kappa shape index (κ1) is 14.6. The molecule has 1 aromatic carbocycles. The Labute approximate surface area is 120 Å². The summed E-state index contributed by atoms with van der Waals surface area (Å²) < 4.78 is 26.8. The SMILES string of the molecule is CCn1nc(C)c(N)c1Nc1ccccc1SC(F)F. The van der Waals surface area contributed by atoms with Gasteiger partial charge < -0.3 is 11.1 Å². The summed E-state index contributed by atoms with van der Waals surface area (Å²) in [6.45, 7) is 4.40. The van der Waals surface area contributed by atoms with Gasteiger partial charge in [-0.3, -0.25) is 0 Å². The van der Waals surface area contributed by atoms with Crippen LogP contribution in [0.3, 0.4) is 0 Å². The van der Waals surface area contributed by atoms with E-state index in [9.17, 15) is 8.78 Å². The van der Waals surface area contributed by atoms with Crippen LogP contribution in [0.2, 0.25) is 0 Å². The molecule has 1 heterocycles. The monoisotopic (exact) mass is 298 g/mol. The zero-order valence-electron chi connectivity index (χ0n) is 11.2. The van der Waals surface area contributed by atoms with Gasteiger partial charge in [0, 0.05) is 11.4 Å². The van der Waals surface area contributed by atoms with E-state index >= 15 is 0 Å². The molecule has 0 atom stereocenters. The lowest BCUT2D eigenvalue weighted by Gasteiger charge is -2.13. The molecule has 2 aromatic rings. The average molecular weight is 298 g/mol. The summed E-state index contributed by atoms with van der Waals surface area (Å²) in [6.07, 6.45) is 0. The number of benzene rings is 1. The average Bonchev–Trinajstić information content (AvgIpc) is 2.68. The van der Waals surface area contributed by atoms with E-state index in [1.807, 2.05) is 13.8 Å². The summed E-state index contributed by atoms with van der Waals surface area (Å²) in [5.41, 5.74) is 7.82. The molecule has 0 aliphatic rings. The van der Waals surface area contributed by atoms with E-state index in [1.54, 1.807) is 28.9 Å². The summed E-state index contributed by atoms with van der Waals surface area (Å²) in [4.78, 5) is 0.475. The first-order valence-electron chi connectivity index (χ1n) is 6.16. The van der Waals surface area contributed by atoms with E-state index < -0.39 is 5.76 Å². The molecule has 0 unspecified atom stereocenters. The fraction of sp³-hybridized carbons (Fsp3) is 0.308. The Kier molecular flexibility index (Phi) is 4.49. The number of rotatable bonds is 5. The molecule has 108 valence electrons. The van der Waals surface area contributed by atoms with Crippen molar-refractivity contribution in [2.45, 2.75) is 31.0 Å². The number of aromatic nitrogens is 2. The van der Waals surface area contributed by atoms with Gasteiger partial charge in [0.15, 0.2) is 5.82 Å². The fourth-order valence-electron chi connectivity index (χ4n) is 1.85. The van der Waals surface area contributed by atoms with Gasteiger partial charge in [-0.15, -0.1) is 0 Å². The quantitative estimate of drug-likeness (QED) is 0.823. The van der Waals surface area contributed by atoms with Gasteiger partial charge in [0.05, 0.1) is 17.1 Å². The predicted octanol–water partition coefficient (Wildman–Crippen LogP) is 3.85. The number of anilines is 3. The Morgan fingerprint density at radius 1 is 1.40 bits per heavy atom. The van der Waals surface area contributed by atoms with Crippen LogP contribution in [0.25, 0.3) is 0 Å². The molecule has 0 bridgehead atoms. The molecule has 0 fully saturated rings. The van der Waals surface area contributed by atoms with E-state index in [2.05, 4.69) is 10.4 Å². The van der Waals surface area contributed by atoms with Crippen LogP contribution in [-0.4, -0.2) is 15.5 Å². The highest BCUT2D eigenvalue weighted by Crippen LogP contribution is 2.35. The number of nitrogens with one attached hydrogen (secondary N) is 1. The molecule has 0 radical (unpaired) electrons. The lowest BCUT2D eigenvalue weighted by atomic mass is 10.3. The third kappa shape index (κ3) is 3.04. The second-order valence-corrected chi connectivity index (χ2v) is 5.19. The molecular weight excluding hydrogens is 282 g/mol.